The first-order chi connectivity index (χ1) is 11.5. The predicted octanol–water partition coefficient (Wildman–Crippen LogP) is 1.58. The van der Waals surface area contributed by atoms with E-state index in [0.29, 0.717) is 5.69 Å². The van der Waals surface area contributed by atoms with E-state index in [1.165, 1.54) is 42.4 Å². The van der Waals surface area contributed by atoms with Crippen molar-refractivity contribution in [1.29, 1.82) is 0 Å². The van der Waals surface area contributed by atoms with Gasteiger partial charge in [0.25, 0.3) is 0 Å². The summed E-state index contributed by atoms with van der Waals surface area (Å²) in [6.07, 6.45) is 1.40. The van der Waals surface area contributed by atoms with E-state index in [0.717, 1.165) is 6.07 Å². The van der Waals surface area contributed by atoms with Crippen molar-refractivity contribution in [3.63, 3.8) is 0 Å². The lowest BCUT2D eigenvalue weighted by Crippen LogP contribution is -2.10. The predicted molar refractivity (Wildman–Crippen MR) is 79.9 cm³/mol. The number of halogens is 1. The number of hydrogen-bond acceptors (Lipinski definition) is 7. The van der Waals surface area contributed by atoms with Crippen LogP contribution in [-0.2, 0) is 10.1 Å². The maximum absolute atomic E-state index is 13.7. The van der Waals surface area contributed by atoms with Crippen LogP contribution in [0.15, 0.2) is 53.7 Å². The molecule has 0 atom stereocenters. The van der Waals surface area contributed by atoms with Gasteiger partial charge in [-0.05, 0) is 52.9 Å². The molecule has 0 unspecified atom stereocenters. The smallest absolute Gasteiger partial charge is 0.339 e. The topological polar surface area (TPSA) is 96.2 Å². The van der Waals surface area contributed by atoms with Crippen LogP contribution in [0.4, 0.5) is 4.39 Å². The highest BCUT2D eigenvalue weighted by Gasteiger charge is 2.19. The number of rotatable bonds is 5. The monoisotopic (exact) mass is 350 g/mol. The van der Waals surface area contributed by atoms with Crippen LogP contribution in [-0.4, -0.2) is 35.7 Å². The molecule has 0 N–H and O–H groups in total. The maximum Gasteiger partial charge on any atom is 0.339 e. The fourth-order valence-corrected chi connectivity index (χ4v) is 2.85. The summed E-state index contributed by atoms with van der Waals surface area (Å²) in [7, 11) is -2.88. The Morgan fingerprint density at radius 3 is 2.46 bits per heavy atom. The fraction of sp³-hybridized carbons (Fsp3) is 0.0714. The van der Waals surface area contributed by atoms with E-state index in [1.54, 1.807) is 12.1 Å². The molecule has 1 heterocycles. The highest BCUT2D eigenvalue weighted by atomic mass is 32.2. The SMILES string of the molecule is COc1ccc(S(=O)(=O)Oc2ccc(-n3cnnn3)cc2)cc1F. The average molecular weight is 350 g/mol. The molecule has 0 bridgehead atoms. The molecule has 0 fully saturated rings. The van der Waals surface area contributed by atoms with Crippen molar-refractivity contribution in [3.8, 4) is 17.2 Å². The van der Waals surface area contributed by atoms with Gasteiger partial charge in [-0.15, -0.1) is 5.10 Å². The van der Waals surface area contributed by atoms with E-state index in [-0.39, 0.29) is 16.4 Å². The summed E-state index contributed by atoms with van der Waals surface area (Å²) in [5.41, 5.74) is 0.625. The Hall–Kier alpha value is -3.01. The second-order valence-corrected chi connectivity index (χ2v) is 6.13. The fourth-order valence-electron chi connectivity index (χ4n) is 1.91. The van der Waals surface area contributed by atoms with E-state index in [4.69, 9.17) is 8.92 Å². The van der Waals surface area contributed by atoms with E-state index in [1.807, 2.05) is 0 Å². The molecule has 24 heavy (non-hydrogen) atoms. The van der Waals surface area contributed by atoms with E-state index < -0.39 is 15.9 Å². The molecular formula is C14H11FN4O4S. The summed E-state index contributed by atoms with van der Waals surface area (Å²) in [5, 5.41) is 10.7. The molecule has 0 aliphatic rings. The summed E-state index contributed by atoms with van der Waals surface area (Å²) in [5.74, 6) is -0.779. The van der Waals surface area contributed by atoms with Gasteiger partial charge in [-0.25, -0.2) is 9.07 Å². The largest absolute Gasteiger partial charge is 0.494 e. The first-order valence-corrected chi connectivity index (χ1v) is 8.02. The number of nitrogens with zero attached hydrogens (tertiary/aromatic N) is 4. The van der Waals surface area contributed by atoms with E-state index >= 15 is 0 Å². The van der Waals surface area contributed by atoms with Crippen molar-refractivity contribution >= 4 is 10.1 Å². The molecule has 10 heteroatoms. The lowest BCUT2D eigenvalue weighted by Gasteiger charge is -2.09. The summed E-state index contributed by atoms with van der Waals surface area (Å²) < 4.78 is 49.2. The third kappa shape index (κ3) is 3.18. The molecule has 124 valence electrons. The molecule has 3 rings (SSSR count). The van der Waals surface area contributed by atoms with Crippen LogP contribution in [0.2, 0.25) is 0 Å². The van der Waals surface area contributed by atoms with Crippen LogP contribution in [0.3, 0.4) is 0 Å². The molecule has 3 aromatic rings. The van der Waals surface area contributed by atoms with Gasteiger partial charge >= 0.3 is 10.1 Å². The van der Waals surface area contributed by atoms with Crippen molar-refractivity contribution in [2.24, 2.45) is 0 Å². The minimum absolute atomic E-state index is 0.0558. The van der Waals surface area contributed by atoms with Gasteiger partial charge in [0.15, 0.2) is 11.6 Å². The number of methoxy groups -OCH3 is 1. The number of benzene rings is 2. The van der Waals surface area contributed by atoms with Crippen molar-refractivity contribution in [3.05, 3.63) is 54.6 Å². The zero-order chi connectivity index (χ0) is 17.2. The summed E-state index contributed by atoms with van der Waals surface area (Å²) in [6.45, 7) is 0. The Balaban J connectivity index is 1.83. The van der Waals surface area contributed by atoms with E-state index in [2.05, 4.69) is 15.5 Å². The second-order valence-electron chi connectivity index (χ2n) is 4.58. The van der Waals surface area contributed by atoms with Gasteiger partial charge in [-0.2, -0.15) is 8.42 Å². The highest BCUT2D eigenvalue weighted by Crippen LogP contribution is 2.24. The summed E-state index contributed by atoms with van der Waals surface area (Å²) >= 11 is 0. The zero-order valence-electron chi connectivity index (χ0n) is 12.3. The Morgan fingerprint density at radius 1 is 1.12 bits per heavy atom. The highest BCUT2D eigenvalue weighted by molar-refractivity contribution is 7.87. The molecule has 0 radical (unpaired) electrons. The number of ether oxygens (including phenoxy) is 1. The lowest BCUT2D eigenvalue weighted by atomic mass is 10.3. The molecule has 8 nitrogen and oxygen atoms in total. The Morgan fingerprint density at radius 2 is 1.88 bits per heavy atom. The van der Waals surface area contributed by atoms with Gasteiger partial charge in [0, 0.05) is 0 Å². The molecule has 0 saturated carbocycles. The second kappa shape index (κ2) is 6.24. The van der Waals surface area contributed by atoms with Crippen molar-refractivity contribution in [2.75, 3.05) is 7.11 Å². The third-order valence-electron chi connectivity index (χ3n) is 3.07. The first-order valence-electron chi connectivity index (χ1n) is 6.61. The van der Waals surface area contributed by atoms with E-state index in [9.17, 15) is 12.8 Å². The van der Waals surface area contributed by atoms with Gasteiger partial charge in [0.1, 0.15) is 17.0 Å². The summed E-state index contributed by atoms with van der Waals surface area (Å²) in [6, 6.07) is 9.29. The van der Waals surface area contributed by atoms with Gasteiger partial charge in [-0.1, -0.05) is 0 Å². The molecule has 0 aliphatic heterocycles. The van der Waals surface area contributed by atoms with Crippen LogP contribution >= 0.6 is 0 Å². The standard InChI is InChI=1S/C14H11FN4O4S/c1-22-14-7-6-12(8-13(14)15)24(20,21)23-11-4-2-10(3-5-11)19-9-16-17-18-19/h2-9H,1H3. The summed E-state index contributed by atoms with van der Waals surface area (Å²) in [4.78, 5) is -0.314. The number of tetrazole rings is 1. The average Bonchev–Trinajstić information content (AvgIpc) is 3.09. The lowest BCUT2D eigenvalue weighted by molar-refractivity contribution is 0.385. The Labute approximate surface area is 136 Å². The molecule has 0 saturated heterocycles. The quantitative estimate of drug-likeness (QED) is 0.645. The number of aromatic nitrogens is 4. The molecule has 0 aliphatic carbocycles. The van der Waals surface area contributed by atoms with Crippen molar-refractivity contribution in [1.82, 2.24) is 20.2 Å². The van der Waals surface area contributed by atoms with Crippen LogP contribution in [0.1, 0.15) is 0 Å². The molecule has 1 aromatic heterocycles. The minimum atomic E-state index is -4.17. The molecule has 0 amide bonds. The minimum Gasteiger partial charge on any atom is -0.494 e. The Kier molecular flexibility index (Phi) is 4.13. The van der Waals surface area contributed by atoms with Crippen molar-refractivity contribution in [2.45, 2.75) is 4.90 Å². The molecule has 2 aromatic carbocycles. The Bertz CT molecular complexity index is 943. The molecule has 0 spiro atoms. The van der Waals surface area contributed by atoms with Crippen LogP contribution in [0.25, 0.3) is 5.69 Å². The maximum atomic E-state index is 13.7. The zero-order valence-corrected chi connectivity index (χ0v) is 13.1. The van der Waals surface area contributed by atoms with Gasteiger partial charge < -0.3 is 8.92 Å². The van der Waals surface area contributed by atoms with Crippen LogP contribution < -0.4 is 8.92 Å². The molecular weight excluding hydrogens is 339 g/mol. The van der Waals surface area contributed by atoms with Gasteiger partial charge in [-0.3, -0.25) is 0 Å². The van der Waals surface area contributed by atoms with Crippen LogP contribution in [0, 0.1) is 5.82 Å². The van der Waals surface area contributed by atoms with Crippen molar-refractivity contribution < 1.29 is 21.7 Å². The normalized spacial score (nSPS) is 11.2. The van der Waals surface area contributed by atoms with Gasteiger partial charge in [0.05, 0.1) is 12.8 Å². The number of hydrogen-bond donors (Lipinski definition) is 0. The first kappa shape index (κ1) is 15.9. The third-order valence-corrected chi connectivity index (χ3v) is 4.31. The van der Waals surface area contributed by atoms with Gasteiger partial charge in [0.2, 0.25) is 0 Å². The van der Waals surface area contributed by atoms with Crippen LogP contribution in [0.5, 0.6) is 11.5 Å².